The van der Waals surface area contributed by atoms with Crippen molar-refractivity contribution >= 4 is 16.8 Å². The van der Waals surface area contributed by atoms with Crippen molar-refractivity contribution in [1.82, 2.24) is 19.9 Å². The predicted octanol–water partition coefficient (Wildman–Crippen LogP) is 3.12. The Morgan fingerprint density at radius 1 is 1.08 bits per heavy atom. The molecule has 4 rings (SSSR count). The van der Waals surface area contributed by atoms with Gasteiger partial charge in [0.05, 0.1) is 17.3 Å². The summed E-state index contributed by atoms with van der Waals surface area (Å²) in [5.41, 5.74) is 2.75. The highest BCUT2D eigenvalue weighted by Crippen LogP contribution is 2.23. The molecule has 126 valence electrons. The van der Waals surface area contributed by atoms with Crippen molar-refractivity contribution in [1.29, 1.82) is 0 Å². The average molecular weight is 332 g/mol. The van der Waals surface area contributed by atoms with Crippen LogP contribution in [0.1, 0.15) is 28.8 Å². The van der Waals surface area contributed by atoms with Gasteiger partial charge in [-0.25, -0.2) is 0 Å². The Balaban J connectivity index is 1.40. The van der Waals surface area contributed by atoms with E-state index in [2.05, 4.69) is 21.0 Å². The summed E-state index contributed by atoms with van der Waals surface area (Å²) in [7, 11) is 0. The third-order valence-corrected chi connectivity index (χ3v) is 4.88. The molecule has 5 nitrogen and oxygen atoms in total. The first-order valence-electron chi connectivity index (χ1n) is 8.67. The zero-order valence-corrected chi connectivity index (χ0v) is 14.0. The molecule has 1 aliphatic heterocycles. The Hall–Kier alpha value is -2.82. The van der Waals surface area contributed by atoms with Crippen molar-refractivity contribution in [2.24, 2.45) is 5.92 Å². The maximum absolute atomic E-state index is 12.8. The molecule has 1 aliphatic rings. The van der Waals surface area contributed by atoms with Crippen LogP contribution in [0.15, 0.2) is 55.2 Å². The number of carbonyl (C=O) groups is 1. The van der Waals surface area contributed by atoms with Crippen LogP contribution in [0.4, 0.5) is 0 Å². The monoisotopic (exact) mass is 332 g/mol. The van der Waals surface area contributed by atoms with Gasteiger partial charge < -0.3 is 4.90 Å². The summed E-state index contributed by atoms with van der Waals surface area (Å²) in [6.07, 6.45) is 12.0. The van der Waals surface area contributed by atoms with Crippen LogP contribution in [0.3, 0.4) is 0 Å². The number of aromatic nitrogens is 3. The maximum Gasteiger partial charge on any atom is 0.255 e. The lowest BCUT2D eigenvalue weighted by Gasteiger charge is -2.32. The van der Waals surface area contributed by atoms with Crippen molar-refractivity contribution in [3.8, 4) is 0 Å². The molecule has 1 amide bonds. The van der Waals surface area contributed by atoms with Crippen LogP contribution in [0.2, 0.25) is 0 Å². The third kappa shape index (κ3) is 3.50. The lowest BCUT2D eigenvalue weighted by Crippen LogP contribution is -2.39. The summed E-state index contributed by atoms with van der Waals surface area (Å²) in [6.45, 7) is 1.61. The molecule has 25 heavy (non-hydrogen) atoms. The molecule has 0 N–H and O–H groups in total. The molecule has 0 spiro atoms. The first kappa shape index (κ1) is 15.7. The highest BCUT2D eigenvalue weighted by Gasteiger charge is 2.24. The SMILES string of the molecule is O=C(c1cnc2cnccc2c1)N1CCC(Cc2cccnc2)CC1. The number of carbonyl (C=O) groups excluding carboxylic acids is 1. The number of nitrogens with zero attached hydrogens (tertiary/aromatic N) is 4. The third-order valence-electron chi connectivity index (χ3n) is 4.88. The number of piperidine rings is 1. The number of pyridine rings is 3. The lowest BCUT2D eigenvalue weighted by molar-refractivity contribution is 0.0690. The van der Waals surface area contributed by atoms with E-state index in [1.54, 1.807) is 24.8 Å². The van der Waals surface area contributed by atoms with E-state index in [0.29, 0.717) is 11.5 Å². The molecule has 3 aromatic heterocycles. The number of amides is 1. The van der Waals surface area contributed by atoms with Crippen molar-refractivity contribution < 1.29 is 4.79 Å². The average Bonchev–Trinajstić information content (AvgIpc) is 2.68. The van der Waals surface area contributed by atoms with Gasteiger partial charge in [0.2, 0.25) is 0 Å². The van der Waals surface area contributed by atoms with Gasteiger partial charge in [-0.2, -0.15) is 0 Å². The van der Waals surface area contributed by atoms with Gasteiger partial charge in [0.1, 0.15) is 0 Å². The smallest absolute Gasteiger partial charge is 0.255 e. The van der Waals surface area contributed by atoms with Gasteiger partial charge >= 0.3 is 0 Å². The van der Waals surface area contributed by atoms with E-state index < -0.39 is 0 Å². The number of likely N-dealkylation sites (tertiary alicyclic amines) is 1. The summed E-state index contributed by atoms with van der Waals surface area (Å²) < 4.78 is 0. The summed E-state index contributed by atoms with van der Waals surface area (Å²) in [5.74, 6) is 0.695. The molecule has 4 heterocycles. The van der Waals surface area contributed by atoms with Crippen LogP contribution in [-0.2, 0) is 6.42 Å². The largest absolute Gasteiger partial charge is 0.339 e. The highest BCUT2D eigenvalue weighted by molar-refractivity contribution is 5.97. The second kappa shape index (κ2) is 6.97. The molecule has 1 fully saturated rings. The Labute approximate surface area is 146 Å². The molecule has 5 heteroatoms. The molecule has 0 aliphatic carbocycles. The van der Waals surface area contributed by atoms with Crippen LogP contribution in [0, 0.1) is 5.92 Å². The van der Waals surface area contributed by atoms with Crippen molar-refractivity contribution in [2.45, 2.75) is 19.3 Å². The van der Waals surface area contributed by atoms with Crippen LogP contribution in [0.5, 0.6) is 0 Å². The molecular formula is C20H20N4O. The Kier molecular flexibility index (Phi) is 4.37. The van der Waals surface area contributed by atoms with Gasteiger partial charge in [-0.05, 0) is 48.9 Å². The minimum atomic E-state index is 0.0750. The first-order chi connectivity index (χ1) is 12.3. The lowest BCUT2D eigenvalue weighted by atomic mass is 9.90. The minimum absolute atomic E-state index is 0.0750. The van der Waals surface area contributed by atoms with Gasteiger partial charge in [0.25, 0.3) is 5.91 Å². The van der Waals surface area contributed by atoms with Crippen LogP contribution in [0.25, 0.3) is 10.9 Å². The topological polar surface area (TPSA) is 59.0 Å². The van der Waals surface area contributed by atoms with Crippen molar-refractivity contribution in [2.75, 3.05) is 13.1 Å². The van der Waals surface area contributed by atoms with E-state index in [4.69, 9.17) is 0 Å². The van der Waals surface area contributed by atoms with E-state index >= 15 is 0 Å². The van der Waals surface area contributed by atoms with Crippen molar-refractivity contribution in [3.05, 3.63) is 66.4 Å². The van der Waals surface area contributed by atoms with E-state index in [1.807, 2.05) is 29.3 Å². The van der Waals surface area contributed by atoms with Crippen LogP contribution in [-0.4, -0.2) is 38.8 Å². The number of fused-ring (bicyclic) bond motifs is 1. The fraction of sp³-hybridized carbons (Fsp3) is 0.300. The highest BCUT2D eigenvalue weighted by atomic mass is 16.2. The number of hydrogen-bond donors (Lipinski definition) is 0. The van der Waals surface area contributed by atoms with Gasteiger partial charge in [0, 0.05) is 43.3 Å². The standard InChI is InChI=1S/C20H20N4O/c25-20(18-11-17-3-7-22-14-19(17)23-13-18)24-8-4-15(5-9-24)10-16-2-1-6-21-12-16/h1-3,6-7,11-15H,4-5,8-10H2. The normalized spacial score (nSPS) is 15.4. The fourth-order valence-electron chi connectivity index (χ4n) is 3.46. The second-order valence-electron chi connectivity index (χ2n) is 6.59. The molecule has 3 aromatic rings. The van der Waals surface area contributed by atoms with Gasteiger partial charge in [0.15, 0.2) is 0 Å². The quantitative estimate of drug-likeness (QED) is 0.739. The second-order valence-corrected chi connectivity index (χ2v) is 6.59. The van der Waals surface area contributed by atoms with E-state index in [-0.39, 0.29) is 5.91 Å². The van der Waals surface area contributed by atoms with E-state index in [9.17, 15) is 4.79 Å². The molecular weight excluding hydrogens is 312 g/mol. The molecule has 0 bridgehead atoms. The fourth-order valence-corrected chi connectivity index (χ4v) is 3.46. The number of hydrogen-bond acceptors (Lipinski definition) is 4. The molecule has 0 saturated carbocycles. The molecule has 0 atom stereocenters. The Morgan fingerprint density at radius 2 is 1.92 bits per heavy atom. The Bertz CT molecular complexity index is 873. The van der Waals surface area contributed by atoms with Gasteiger partial charge in [-0.3, -0.25) is 19.7 Å². The first-order valence-corrected chi connectivity index (χ1v) is 8.67. The minimum Gasteiger partial charge on any atom is -0.339 e. The van der Waals surface area contributed by atoms with Gasteiger partial charge in [-0.1, -0.05) is 6.07 Å². The zero-order chi connectivity index (χ0) is 17.1. The summed E-state index contributed by atoms with van der Waals surface area (Å²) in [6, 6.07) is 7.91. The molecule has 0 radical (unpaired) electrons. The van der Waals surface area contributed by atoms with Crippen LogP contribution >= 0.6 is 0 Å². The zero-order valence-electron chi connectivity index (χ0n) is 14.0. The Morgan fingerprint density at radius 3 is 2.72 bits per heavy atom. The van der Waals surface area contributed by atoms with E-state index in [1.165, 1.54) is 5.56 Å². The summed E-state index contributed by atoms with van der Waals surface area (Å²) >= 11 is 0. The molecule has 0 unspecified atom stereocenters. The molecule has 1 saturated heterocycles. The van der Waals surface area contributed by atoms with Gasteiger partial charge in [-0.15, -0.1) is 0 Å². The van der Waals surface area contributed by atoms with E-state index in [0.717, 1.165) is 43.3 Å². The summed E-state index contributed by atoms with van der Waals surface area (Å²) in [5, 5.41) is 0.951. The van der Waals surface area contributed by atoms with Crippen molar-refractivity contribution in [3.63, 3.8) is 0 Å². The maximum atomic E-state index is 12.8. The molecule has 0 aromatic carbocycles. The van der Waals surface area contributed by atoms with Crippen LogP contribution < -0.4 is 0 Å². The summed E-state index contributed by atoms with van der Waals surface area (Å²) in [4.78, 5) is 27.3. The number of rotatable bonds is 3. The predicted molar refractivity (Wildman–Crippen MR) is 96.1 cm³/mol.